The van der Waals surface area contributed by atoms with Crippen molar-refractivity contribution in [2.45, 2.75) is 18.6 Å². The van der Waals surface area contributed by atoms with Crippen molar-refractivity contribution in [3.63, 3.8) is 0 Å². The molecule has 0 spiro atoms. The maximum Gasteiger partial charge on any atom is 0.401 e. The minimum atomic E-state index is -4.63. The first kappa shape index (κ1) is 17.0. The Labute approximate surface area is 121 Å². The van der Waals surface area contributed by atoms with Crippen LogP contribution in [-0.2, 0) is 10.3 Å². The average molecular weight is 334 g/mol. The van der Waals surface area contributed by atoms with E-state index < -0.39 is 30.0 Å². The summed E-state index contributed by atoms with van der Waals surface area (Å²) in [7, 11) is 0. The van der Waals surface area contributed by atoms with Crippen molar-refractivity contribution in [1.82, 2.24) is 5.32 Å². The van der Waals surface area contributed by atoms with Crippen molar-refractivity contribution in [2.24, 2.45) is 0 Å². The lowest BCUT2D eigenvalue weighted by Crippen LogP contribution is -2.50. The van der Waals surface area contributed by atoms with E-state index in [4.69, 9.17) is 28.3 Å². The normalized spacial score (nSPS) is 14.9. The average Bonchev–Trinajstić information content (AvgIpc) is 2.29. The predicted molar refractivity (Wildman–Crippen MR) is 65.5 cm³/mol. The second-order valence-corrected chi connectivity index (χ2v) is 4.96. The van der Waals surface area contributed by atoms with E-state index in [1.807, 2.05) is 5.32 Å². The number of halogens is 6. The van der Waals surface area contributed by atoms with E-state index in [0.717, 1.165) is 13.0 Å². The summed E-state index contributed by atoms with van der Waals surface area (Å²) in [5, 5.41) is 10.3. The number of rotatable bonds is 4. The second kappa shape index (κ2) is 5.75. The van der Waals surface area contributed by atoms with Crippen molar-refractivity contribution in [3.8, 4) is 0 Å². The third kappa shape index (κ3) is 3.74. The highest BCUT2D eigenvalue weighted by Gasteiger charge is 2.41. The molecule has 0 fully saturated rings. The van der Waals surface area contributed by atoms with Gasteiger partial charge in [0.2, 0.25) is 0 Å². The molecule has 2 N–H and O–H groups in total. The molecule has 1 aromatic carbocycles. The van der Waals surface area contributed by atoms with E-state index >= 15 is 0 Å². The van der Waals surface area contributed by atoms with Crippen LogP contribution >= 0.6 is 23.2 Å². The molecule has 0 saturated carbocycles. The number of nitrogens with one attached hydrogen (secondary N) is 1. The Morgan fingerprint density at radius 3 is 2.30 bits per heavy atom. The topological polar surface area (TPSA) is 49.3 Å². The predicted octanol–water partition coefficient (Wildman–Crippen LogP) is 3.58. The van der Waals surface area contributed by atoms with Crippen molar-refractivity contribution in [1.29, 1.82) is 0 Å². The van der Waals surface area contributed by atoms with Gasteiger partial charge >= 0.3 is 12.1 Å². The van der Waals surface area contributed by atoms with Gasteiger partial charge in [-0.15, -0.1) is 0 Å². The molecule has 1 atom stereocenters. The lowest BCUT2D eigenvalue weighted by Gasteiger charge is -2.28. The Bertz CT molecular complexity index is 536. The van der Waals surface area contributed by atoms with Crippen molar-refractivity contribution < 1.29 is 27.5 Å². The van der Waals surface area contributed by atoms with Gasteiger partial charge < -0.3 is 5.11 Å². The molecule has 0 radical (unpaired) electrons. The summed E-state index contributed by atoms with van der Waals surface area (Å²) in [6.07, 6.45) is -4.63. The van der Waals surface area contributed by atoms with Crippen LogP contribution in [0.5, 0.6) is 0 Å². The Morgan fingerprint density at radius 1 is 1.30 bits per heavy atom. The Morgan fingerprint density at radius 2 is 1.85 bits per heavy atom. The number of hydrogen-bond acceptors (Lipinski definition) is 2. The van der Waals surface area contributed by atoms with Gasteiger partial charge in [-0.25, -0.2) is 9.18 Å². The number of carboxylic acid groups (broad SMARTS) is 1. The van der Waals surface area contributed by atoms with Crippen molar-refractivity contribution >= 4 is 29.2 Å². The molecule has 0 aliphatic carbocycles. The van der Waals surface area contributed by atoms with Gasteiger partial charge in [-0.2, -0.15) is 13.2 Å². The Hall–Kier alpha value is -1.05. The summed E-state index contributed by atoms with van der Waals surface area (Å²) >= 11 is 11.2. The van der Waals surface area contributed by atoms with Crippen LogP contribution in [0.2, 0.25) is 10.0 Å². The summed E-state index contributed by atoms with van der Waals surface area (Å²) in [5.74, 6) is -2.61. The molecule has 0 aromatic heterocycles. The second-order valence-electron chi connectivity index (χ2n) is 4.15. The van der Waals surface area contributed by atoms with Gasteiger partial charge in [0.05, 0.1) is 11.6 Å². The molecule has 0 aliphatic rings. The monoisotopic (exact) mass is 333 g/mol. The lowest BCUT2D eigenvalue weighted by molar-refractivity contribution is -0.150. The summed E-state index contributed by atoms with van der Waals surface area (Å²) in [6.45, 7) is -0.619. The first-order valence-corrected chi connectivity index (χ1v) is 5.93. The molecule has 0 heterocycles. The maximum atomic E-state index is 13.4. The zero-order valence-corrected chi connectivity index (χ0v) is 11.5. The quantitative estimate of drug-likeness (QED) is 0.654. The van der Waals surface area contributed by atoms with Crippen LogP contribution < -0.4 is 5.32 Å². The van der Waals surface area contributed by atoms with Crippen LogP contribution in [-0.4, -0.2) is 23.8 Å². The third-order valence-corrected chi connectivity index (χ3v) is 3.22. The number of benzene rings is 1. The van der Waals surface area contributed by atoms with Crippen LogP contribution in [0.1, 0.15) is 12.5 Å². The Balaban J connectivity index is 3.26. The highest BCUT2D eigenvalue weighted by molar-refractivity contribution is 6.35. The molecule has 1 aromatic rings. The van der Waals surface area contributed by atoms with Gasteiger partial charge in [0, 0.05) is 10.6 Å². The van der Waals surface area contributed by atoms with E-state index in [-0.39, 0.29) is 15.6 Å². The summed E-state index contributed by atoms with van der Waals surface area (Å²) in [6, 6.07) is 1.63. The number of carboxylic acids is 1. The first-order valence-electron chi connectivity index (χ1n) is 5.17. The summed E-state index contributed by atoms with van der Waals surface area (Å²) in [4.78, 5) is 11.2. The molecule has 9 heteroatoms. The molecular formula is C11H9Cl2F4NO2. The third-order valence-electron chi connectivity index (χ3n) is 2.62. The first-order chi connectivity index (χ1) is 8.97. The van der Waals surface area contributed by atoms with E-state index in [1.165, 1.54) is 0 Å². The number of alkyl halides is 3. The fourth-order valence-corrected chi connectivity index (χ4v) is 2.04. The van der Waals surface area contributed by atoms with E-state index in [2.05, 4.69) is 0 Å². The largest absolute Gasteiger partial charge is 0.480 e. The lowest BCUT2D eigenvalue weighted by atomic mass is 9.91. The molecule has 0 amide bonds. The number of carbonyl (C=O) groups is 1. The molecule has 0 aliphatic heterocycles. The molecule has 20 heavy (non-hydrogen) atoms. The van der Waals surface area contributed by atoms with Gasteiger partial charge in [-0.1, -0.05) is 23.2 Å². The van der Waals surface area contributed by atoms with Gasteiger partial charge in [-0.05, 0) is 19.1 Å². The van der Waals surface area contributed by atoms with Gasteiger partial charge in [0.15, 0.2) is 0 Å². The highest BCUT2D eigenvalue weighted by Crippen LogP contribution is 2.33. The van der Waals surface area contributed by atoms with E-state index in [1.54, 1.807) is 0 Å². The van der Waals surface area contributed by atoms with Crippen LogP contribution in [0.4, 0.5) is 17.6 Å². The minimum absolute atomic E-state index is 0.254. The molecule has 0 saturated heterocycles. The van der Waals surface area contributed by atoms with Crippen LogP contribution in [0, 0.1) is 5.82 Å². The molecule has 1 unspecified atom stereocenters. The zero-order valence-electron chi connectivity index (χ0n) is 9.99. The maximum absolute atomic E-state index is 13.4. The minimum Gasteiger partial charge on any atom is -0.480 e. The molecular weight excluding hydrogens is 325 g/mol. The summed E-state index contributed by atoms with van der Waals surface area (Å²) < 4.78 is 50.1. The van der Waals surface area contributed by atoms with Crippen LogP contribution in [0.3, 0.4) is 0 Å². The van der Waals surface area contributed by atoms with Gasteiger partial charge in [0.25, 0.3) is 0 Å². The smallest absolute Gasteiger partial charge is 0.401 e. The number of hydrogen-bond donors (Lipinski definition) is 2. The van der Waals surface area contributed by atoms with E-state index in [9.17, 15) is 22.4 Å². The highest BCUT2D eigenvalue weighted by atomic mass is 35.5. The fourth-order valence-electron chi connectivity index (χ4n) is 1.47. The van der Waals surface area contributed by atoms with Gasteiger partial charge in [0.1, 0.15) is 11.4 Å². The van der Waals surface area contributed by atoms with Crippen molar-refractivity contribution in [2.75, 3.05) is 6.54 Å². The van der Waals surface area contributed by atoms with Gasteiger partial charge in [-0.3, -0.25) is 5.32 Å². The van der Waals surface area contributed by atoms with Crippen LogP contribution in [0.15, 0.2) is 12.1 Å². The van der Waals surface area contributed by atoms with E-state index in [0.29, 0.717) is 6.07 Å². The zero-order chi connectivity index (χ0) is 15.7. The molecule has 112 valence electrons. The molecule has 3 nitrogen and oxygen atoms in total. The summed E-state index contributed by atoms with van der Waals surface area (Å²) in [5.41, 5.74) is -2.56. The van der Waals surface area contributed by atoms with Crippen LogP contribution in [0.25, 0.3) is 0 Å². The SMILES string of the molecule is CC(NCC(F)(F)F)(C(=O)O)c1cc(F)c(Cl)cc1Cl. The molecule has 1 rings (SSSR count). The standard InChI is InChI=1S/C11H9Cl2F4NO2/c1-10(9(19)20,18-4-11(15,16)17)5-2-8(14)7(13)3-6(5)12/h2-3,18H,4H2,1H3,(H,19,20). The molecule has 0 bridgehead atoms. The Kier molecular flexibility index (Phi) is 4.89. The number of aliphatic carboxylic acids is 1. The van der Waals surface area contributed by atoms with Crippen molar-refractivity contribution in [3.05, 3.63) is 33.6 Å². The fraction of sp³-hybridized carbons (Fsp3) is 0.364.